The van der Waals surface area contributed by atoms with Crippen molar-refractivity contribution < 1.29 is 9.84 Å². The van der Waals surface area contributed by atoms with Crippen LogP contribution in [0.3, 0.4) is 0 Å². The zero-order chi connectivity index (χ0) is 19.8. The summed E-state index contributed by atoms with van der Waals surface area (Å²) in [6.45, 7) is 8.61. The van der Waals surface area contributed by atoms with E-state index in [0.29, 0.717) is 19.0 Å². The fourth-order valence-corrected chi connectivity index (χ4v) is 3.83. The van der Waals surface area contributed by atoms with Gasteiger partial charge in [-0.05, 0) is 31.4 Å². The molecule has 3 N–H and O–H groups in total. The smallest absolute Gasteiger partial charge is 0.191 e. The van der Waals surface area contributed by atoms with Crippen molar-refractivity contribution in [2.45, 2.75) is 26.0 Å². The van der Waals surface area contributed by atoms with E-state index in [1.165, 1.54) is 0 Å². The Morgan fingerprint density at radius 3 is 2.86 bits per heavy atom. The molecule has 0 amide bonds. The minimum atomic E-state index is -0.947. The third-order valence-electron chi connectivity index (χ3n) is 4.58. The van der Waals surface area contributed by atoms with Crippen LogP contribution in [0.5, 0.6) is 0 Å². The van der Waals surface area contributed by atoms with Crippen LogP contribution in [-0.4, -0.2) is 55.4 Å². The number of aliphatic imine (C=N–C) groups is 1. The van der Waals surface area contributed by atoms with Gasteiger partial charge in [0.15, 0.2) is 5.96 Å². The number of nitrogens with one attached hydrogen (secondary N) is 2. The number of ether oxygens (including phenoxy) is 1. The summed E-state index contributed by atoms with van der Waals surface area (Å²) < 4.78 is 5.45. The second kappa shape index (κ2) is 9.86. The van der Waals surface area contributed by atoms with Crippen molar-refractivity contribution in [3.05, 3.63) is 46.3 Å². The van der Waals surface area contributed by atoms with E-state index in [2.05, 4.69) is 26.6 Å². The number of guanidine groups is 1. The van der Waals surface area contributed by atoms with Crippen LogP contribution in [0.25, 0.3) is 0 Å². The van der Waals surface area contributed by atoms with E-state index in [1.54, 1.807) is 11.3 Å². The van der Waals surface area contributed by atoms with Crippen LogP contribution >= 0.6 is 11.3 Å². The molecule has 2 aromatic heterocycles. The molecule has 1 atom stereocenters. The standard InChI is InChI=1S/C20H29N5O2S/c1-3-21-19(24-15-20(2,26)17-7-5-13-28-17)23-14-16-6-4-8-22-18(16)25-9-11-27-12-10-25/h4-8,13,26H,3,9-12,14-15H2,1-2H3,(H2,21,23,24). The number of aromatic nitrogens is 1. The predicted octanol–water partition coefficient (Wildman–Crippen LogP) is 1.94. The van der Waals surface area contributed by atoms with Crippen molar-refractivity contribution in [1.82, 2.24) is 15.6 Å². The number of anilines is 1. The Bertz CT molecular complexity index is 758. The summed E-state index contributed by atoms with van der Waals surface area (Å²) >= 11 is 1.55. The Morgan fingerprint density at radius 1 is 1.32 bits per heavy atom. The minimum Gasteiger partial charge on any atom is -0.383 e. The second-order valence-electron chi connectivity index (χ2n) is 6.89. The summed E-state index contributed by atoms with van der Waals surface area (Å²) in [4.78, 5) is 12.5. The maximum atomic E-state index is 10.7. The quantitative estimate of drug-likeness (QED) is 0.484. The lowest BCUT2D eigenvalue weighted by Crippen LogP contribution is -2.44. The van der Waals surface area contributed by atoms with Crippen molar-refractivity contribution >= 4 is 23.1 Å². The fourth-order valence-electron chi connectivity index (χ4n) is 3.05. The monoisotopic (exact) mass is 403 g/mol. The van der Waals surface area contributed by atoms with Gasteiger partial charge in [0.05, 0.1) is 26.3 Å². The van der Waals surface area contributed by atoms with Gasteiger partial charge in [0.25, 0.3) is 0 Å². The zero-order valence-corrected chi connectivity index (χ0v) is 17.3. The first-order valence-corrected chi connectivity index (χ1v) is 10.5. The molecule has 3 rings (SSSR count). The number of hydrogen-bond acceptors (Lipinski definition) is 6. The molecule has 1 aliphatic rings. The van der Waals surface area contributed by atoms with Gasteiger partial charge >= 0.3 is 0 Å². The van der Waals surface area contributed by atoms with E-state index in [9.17, 15) is 5.11 Å². The topological polar surface area (TPSA) is 82.0 Å². The molecular formula is C20H29N5O2S. The first-order valence-electron chi connectivity index (χ1n) is 9.65. The lowest BCUT2D eigenvalue weighted by Gasteiger charge is -2.29. The zero-order valence-electron chi connectivity index (χ0n) is 16.5. The molecule has 1 fully saturated rings. The molecular weight excluding hydrogens is 374 g/mol. The van der Waals surface area contributed by atoms with Crippen LogP contribution < -0.4 is 15.5 Å². The average molecular weight is 404 g/mol. The number of pyridine rings is 1. The van der Waals surface area contributed by atoms with E-state index in [4.69, 9.17) is 9.73 Å². The third-order valence-corrected chi connectivity index (χ3v) is 5.70. The molecule has 7 nitrogen and oxygen atoms in total. The fraction of sp³-hybridized carbons (Fsp3) is 0.500. The normalized spacial score (nSPS) is 17.2. The lowest BCUT2D eigenvalue weighted by molar-refractivity contribution is 0.0655. The summed E-state index contributed by atoms with van der Waals surface area (Å²) in [5.41, 5.74) is 0.129. The van der Waals surface area contributed by atoms with E-state index in [1.807, 2.05) is 43.6 Å². The van der Waals surface area contributed by atoms with Gasteiger partial charge < -0.3 is 25.4 Å². The van der Waals surface area contributed by atoms with Gasteiger partial charge in [-0.1, -0.05) is 12.1 Å². The molecule has 1 aliphatic heterocycles. The molecule has 0 aliphatic carbocycles. The van der Waals surface area contributed by atoms with Gasteiger partial charge in [-0.15, -0.1) is 11.3 Å². The summed E-state index contributed by atoms with van der Waals surface area (Å²) in [7, 11) is 0. The Balaban J connectivity index is 1.68. The van der Waals surface area contributed by atoms with Crippen molar-refractivity contribution in [2.75, 3.05) is 44.3 Å². The lowest BCUT2D eigenvalue weighted by atomic mass is 10.1. The van der Waals surface area contributed by atoms with Crippen LogP contribution in [0.15, 0.2) is 40.8 Å². The number of morpholine rings is 1. The van der Waals surface area contributed by atoms with Gasteiger partial charge in [-0.3, -0.25) is 0 Å². The highest BCUT2D eigenvalue weighted by atomic mass is 32.1. The molecule has 3 heterocycles. The molecule has 28 heavy (non-hydrogen) atoms. The van der Waals surface area contributed by atoms with E-state index in [-0.39, 0.29) is 0 Å². The number of nitrogens with zero attached hydrogens (tertiary/aromatic N) is 3. The Morgan fingerprint density at radius 2 is 2.14 bits per heavy atom. The summed E-state index contributed by atoms with van der Waals surface area (Å²) in [6.07, 6.45) is 1.82. The van der Waals surface area contributed by atoms with Crippen LogP contribution in [0.2, 0.25) is 0 Å². The highest BCUT2D eigenvalue weighted by Crippen LogP contribution is 2.24. The highest BCUT2D eigenvalue weighted by molar-refractivity contribution is 7.10. The van der Waals surface area contributed by atoms with Gasteiger partial charge in [0.2, 0.25) is 0 Å². The van der Waals surface area contributed by atoms with Crippen molar-refractivity contribution in [3.8, 4) is 0 Å². The highest BCUT2D eigenvalue weighted by Gasteiger charge is 2.24. The largest absolute Gasteiger partial charge is 0.383 e. The molecule has 2 aromatic rings. The van der Waals surface area contributed by atoms with Crippen molar-refractivity contribution in [1.29, 1.82) is 0 Å². The Kier molecular flexibility index (Phi) is 7.24. The van der Waals surface area contributed by atoms with Crippen LogP contribution in [0, 0.1) is 0 Å². The van der Waals surface area contributed by atoms with Crippen LogP contribution in [0.1, 0.15) is 24.3 Å². The summed E-state index contributed by atoms with van der Waals surface area (Å²) in [6, 6.07) is 7.90. The molecule has 0 aromatic carbocycles. The molecule has 0 spiro atoms. The summed E-state index contributed by atoms with van der Waals surface area (Å²) in [5, 5.41) is 19.2. The third kappa shape index (κ3) is 5.43. The van der Waals surface area contributed by atoms with Gasteiger partial charge in [-0.25, -0.2) is 9.98 Å². The number of aliphatic hydroxyl groups is 1. The molecule has 0 bridgehead atoms. The summed E-state index contributed by atoms with van der Waals surface area (Å²) in [5.74, 6) is 1.65. The second-order valence-corrected chi connectivity index (χ2v) is 7.83. The van der Waals surface area contributed by atoms with E-state index < -0.39 is 5.60 Å². The Hall–Kier alpha value is -2.16. The van der Waals surface area contributed by atoms with Crippen LogP contribution in [-0.2, 0) is 16.9 Å². The average Bonchev–Trinajstić information content (AvgIpc) is 3.27. The molecule has 152 valence electrons. The first-order chi connectivity index (χ1) is 13.6. The van der Waals surface area contributed by atoms with Gasteiger partial charge in [0, 0.05) is 36.3 Å². The molecule has 1 saturated heterocycles. The maximum absolute atomic E-state index is 10.7. The number of hydrogen-bond donors (Lipinski definition) is 3. The van der Waals surface area contributed by atoms with Gasteiger partial charge in [-0.2, -0.15) is 0 Å². The molecule has 1 unspecified atom stereocenters. The minimum absolute atomic E-state index is 0.378. The number of thiophene rings is 1. The Labute approximate surface area is 170 Å². The predicted molar refractivity (Wildman–Crippen MR) is 114 cm³/mol. The van der Waals surface area contributed by atoms with Crippen LogP contribution in [0.4, 0.5) is 5.82 Å². The van der Waals surface area contributed by atoms with Crippen molar-refractivity contribution in [2.24, 2.45) is 4.99 Å². The maximum Gasteiger partial charge on any atom is 0.191 e. The first kappa shape index (κ1) is 20.6. The molecule has 8 heteroatoms. The van der Waals surface area contributed by atoms with E-state index in [0.717, 1.165) is 49.1 Å². The van der Waals surface area contributed by atoms with Crippen molar-refractivity contribution in [3.63, 3.8) is 0 Å². The molecule has 0 radical (unpaired) electrons. The van der Waals surface area contributed by atoms with E-state index >= 15 is 0 Å². The molecule has 0 saturated carbocycles. The van der Waals surface area contributed by atoms with Gasteiger partial charge in [0.1, 0.15) is 11.4 Å². The SMILES string of the molecule is CCNC(=NCc1cccnc1N1CCOCC1)NCC(C)(O)c1cccs1. The number of rotatable bonds is 7.